The van der Waals surface area contributed by atoms with Gasteiger partial charge < -0.3 is 5.32 Å². The number of hydrogen-bond acceptors (Lipinski definition) is 1. The highest BCUT2D eigenvalue weighted by Crippen LogP contribution is 2.43. The molecule has 0 spiro atoms. The lowest BCUT2D eigenvalue weighted by Gasteiger charge is -2.20. The summed E-state index contributed by atoms with van der Waals surface area (Å²) < 4.78 is 39.6. The van der Waals surface area contributed by atoms with Crippen LogP contribution >= 0.6 is 0 Å². The van der Waals surface area contributed by atoms with E-state index in [1.54, 1.807) is 12.1 Å². The molecule has 0 aromatic heterocycles. The summed E-state index contributed by atoms with van der Waals surface area (Å²) in [6.45, 7) is 0. The molecule has 3 rings (SSSR count). The van der Waals surface area contributed by atoms with Crippen molar-refractivity contribution in [3.63, 3.8) is 0 Å². The molecule has 1 N–H and O–H groups in total. The molecule has 0 bridgehead atoms. The number of anilines is 1. The SMILES string of the molecule is Fc1ccc(C(Nc2ccc(F)cc2F)C2CC2)cc1. The summed E-state index contributed by atoms with van der Waals surface area (Å²) in [6, 6.07) is 9.59. The van der Waals surface area contributed by atoms with E-state index in [4.69, 9.17) is 0 Å². The molecular formula is C16H14F3N. The van der Waals surface area contributed by atoms with Crippen LogP contribution in [0.3, 0.4) is 0 Å². The number of nitrogens with one attached hydrogen (secondary N) is 1. The highest BCUT2D eigenvalue weighted by atomic mass is 19.1. The third kappa shape index (κ3) is 2.79. The molecule has 104 valence electrons. The summed E-state index contributed by atoms with van der Waals surface area (Å²) in [5, 5.41) is 3.11. The van der Waals surface area contributed by atoms with Gasteiger partial charge >= 0.3 is 0 Å². The van der Waals surface area contributed by atoms with Gasteiger partial charge in [-0.15, -0.1) is 0 Å². The molecule has 20 heavy (non-hydrogen) atoms. The molecule has 1 nitrogen and oxygen atoms in total. The van der Waals surface area contributed by atoms with Crippen LogP contribution in [0.5, 0.6) is 0 Å². The fourth-order valence-electron chi connectivity index (χ4n) is 2.35. The highest BCUT2D eigenvalue weighted by molar-refractivity contribution is 5.47. The standard InChI is InChI=1S/C16H14F3N/c17-12-5-3-11(4-6-12)16(10-1-2-10)20-15-8-7-13(18)9-14(15)19/h3-10,16,20H,1-2H2. The Morgan fingerprint density at radius 3 is 2.15 bits per heavy atom. The van der Waals surface area contributed by atoms with Gasteiger partial charge in [-0.2, -0.15) is 0 Å². The Kier molecular flexibility index (Phi) is 3.38. The van der Waals surface area contributed by atoms with Crippen LogP contribution in [0, 0.1) is 23.4 Å². The van der Waals surface area contributed by atoms with Crippen molar-refractivity contribution < 1.29 is 13.2 Å². The van der Waals surface area contributed by atoms with Crippen LogP contribution in [0.2, 0.25) is 0 Å². The van der Waals surface area contributed by atoms with Gasteiger partial charge in [0.15, 0.2) is 0 Å². The summed E-state index contributed by atoms with van der Waals surface area (Å²) in [6.07, 6.45) is 2.11. The minimum atomic E-state index is -0.613. The Hall–Kier alpha value is -1.97. The first-order chi connectivity index (χ1) is 9.63. The number of halogens is 3. The molecule has 0 aliphatic heterocycles. The minimum absolute atomic E-state index is 0.0736. The van der Waals surface area contributed by atoms with Crippen LogP contribution in [0.4, 0.5) is 18.9 Å². The van der Waals surface area contributed by atoms with Gasteiger partial charge in [-0.25, -0.2) is 13.2 Å². The molecule has 2 aromatic rings. The quantitative estimate of drug-likeness (QED) is 0.856. The van der Waals surface area contributed by atoms with Crippen LogP contribution in [0.25, 0.3) is 0 Å². The smallest absolute Gasteiger partial charge is 0.149 e. The lowest BCUT2D eigenvalue weighted by molar-refractivity contribution is 0.579. The van der Waals surface area contributed by atoms with Gasteiger partial charge in [-0.3, -0.25) is 0 Å². The molecule has 2 aromatic carbocycles. The van der Waals surface area contributed by atoms with Crippen molar-refractivity contribution in [2.24, 2.45) is 5.92 Å². The van der Waals surface area contributed by atoms with E-state index < -0.39 is 11.6 Å². The zero-order valence-corrected chi connectivity index (χ0v) is 10.7. The van der Waals surface area contributed by atoms with E-state index in [1.165, 1.54) is 24.3 Å². The van der Waals surface area contributed by atoms with Crippen molar-refractivity contribution in [2.75, 3.05) is 5.32 Å². The maximum absolute atomic E-state index is 13.7. The number of rotatable bonds is 4. The summed E-state index contributed by atoms with van der Waals surface area (Å²) in [7, 11) is 0. The number of benzene rings is 2. The second-order valence-corrected chi connectivity index (χ2v) is 5.14. The van der Waals surface area contributed by atoms with Crippen molar-refractivity contribution >= 4 is 5.69 Å². The summed E-state index contributed by atoms with van der Waals surface area (Å²) >= 11 is 0. The molecule has 0 radical (unpaired) electrons. The predicted molar refractivity (Wildman–Crippen MR) is 71.8 cm³/mol. The Labute approximate surface area is 115 Å². The first-order valence-electron chi connectivity index (χ1n) is 6.60. The molecule has 1 atom stereocenters. The Bertz CT molecular complexity index is 606. The van der Waals surface area contributed by atoms with Crippen LogP contribution < -0.4 is 5.32 Å². The van der Waals surface area contributed by atoms with Crippen LogP contribution in [-0.2, 0) is 0 Å². The van der Waals surface area contributed by atoms with Gasteiger partial charge in [0.25, 0.3) is 0 Å². The maximum atomic E-state index is 13.7. The molecule has 1 aliphatic carbocycles. The summed E-state index contributed by atoms with van der Waals surface area (Å²) in [5.41, 5.74) is 1.19. The van der Waals surface area contributed by atoms with Crippen molar-refractivity contribution in [3.05, 3.63) is 65.5 Å². The maximum Gasteiger partial charge on any atom is 0.149 e. The predicted octanol–water partition coefficient (Wildman–Crippen LogP) is 4.67. The average molecular weight is 277 g/mol. The van der Waals surface area contributed by atoms with Crippen LogP contribution in [0.15, 0.2) is 42.5 Å². The van der Waals surface area contributed by atoms with Gasteiger partial charge in [-0.1, -0.05) is 12.1 Å². The minimum Gasteiger partial charge on any atom is -0.376 e. The largest absolute Gasteiger partial charge is 0.376 e. The number of hydrogen-bond donors (Lipinski definition) is 1. The normalized spacial score (nSPS) is 15.9. The molecule has 1 fully saturated rings. The van der Waals surface area contributed by atoms with Crippen molar-refractivity contribution in [3.8, 4) is 0 Å². The van der Waals surface area contributed by atoms with Crippen molar-refractivity contribution in [1.29, 1.82) is 0 Å². The van der Waals surface area contributed by atoms with E-state index in [9.17, 15) is 13.2 Å². The monoisotopic (exact) mass is 277 g/mol. The van der Waals surface area contributed by atoms with E-state index in [0.29, 0.717) is 5.92 Å². The summed E-state index contributed by atoms with van der Waals surface area (Å²) in [5.74, 6) is -1.10. The molecular weight excluding hydrogens is 263 g/mol. The highest BCUT2D eigenvalue weighted by Gasteiger charge is 2.32. The van der Waals surface area contributed by atoms with E-state index in [0.717, 1.165) is 24.5 Å². The van der Waals surface area contributed by atoms with Gasteiger partial charge in [0.05, 0.1) is 11.7 Å². The van der Waals surface area contributed by atoms with Gasteiger partial charge in [0, 0.05) is 6.07 Å². The molecule has 0 heterocycles. The van der Waals surface area contributed by atoms with Gasteiger partial charge in [-0.05, 0) is 48.6 Å². The van der Waals surface area contributed by atoms with Gasteiger partial charge in [0.1, 0.15) is 17.5 Å². The van der Waals surface area contributed by atoms with E-state index in [-0.39, 0.29) is 17.5 Å². The van der Waals surface area contributed by atoms with Crippen molar-refractivity contribution in [1.82, 2.24) is 0 Å². The lowest BCUT2D eigenvalue weighted by Crippen LogP contribution is -2.14. The van der Waals surface area contributed by atoms with E-state index in [2.05, 4.69) is 5.32 Å². The third-order valence-electron chi connectivity index (χ3n) is 3.56. The molecule has 1 aliphatic rings. The third-order valence-corrected chi connectivity index (χ3v) is 3.56. The first kappa shape index (κ1) is 13.0. The Morgan fingerprint density at radius 2 is 1.55 bits per heavy atom. The second kappa shape index (κ2) is 5.19. The fraction of sp³-hybridized carbons (Fsp3) is 0.250. The fourth-order valence-corrected chi connectivity index (χ4v) is 2.35. The topological polar surface area (TPSA) is 12.0 Å². The lowest BCUT2D eigenvalue weighted by atomic mass is 10.0. The Balaban J connectivity index is 1.86. The molecule has 1 saturated carbocycles. The Morgan fingerprint density at radius 1 is 0.900 bits per heavy atom. The zero-order valence-electron chi connectivity index (χ0n) is 10.7. The zero-order chi connectivity index (χ0) is 14.1. The van der Waals surface area contributed by atoms with Crippen molar-refractivity contribution in [2.45, 2.75) is 18.9 Å². The van der Waals surface area contributed by atoms with Crippen LogP contribution in [-0.4, -0.2) is 0 Å². The van der Waals surface area contributed by atoms with E-state index >= 15 is 0 Å². The van der Waals surface area contributed by atoms with E-state index in [1.807, 2.05) is 0 Å². The molecule has 4 heteroatoms. The first-order valence-corrected chi connectivity index (χ1v) is 6.60. The second-order valence-electron chi connectivity index (χ2n) is 5.14. The molecule has 0 saturated heterocycles. The van der Waals surface area contributed by atoms with Gasteiger partial charge in [0.2, 0.25) is 0 Å². The van der Waals surface area contributed by atoms with Crippen LogP contribution in [0.1, 0.15) is 24.4 Å². The average Bonchev–Trinajstić information content (AvgIpc) is 3.24. The molecule has 0 amide bonds. The summed E-state index contributed by atoms with van der Waals surface area (Å²) in [4.78, 5) is 0. The molecule has 1 unspecified atom stereocenters.